The van der Waals surface area contributed by atoms with Crippen LogP contribution in [0.2, 0.25) is 0 Å². The van der Waals surface area contributed by atoms with E-state index < -0.39 is 11.5 Å². The van der Waals surface area contributed by atoms with Crippen LogP contribution in [-0.2, 0) is 0 Å². The number of hydrogen-bond donors (Lipinski definition) is 3. The van der Waals surface area contributed by atoms with E-state index in [-0.39, 0.29) is 17.5 Å². The molecule has 0 aliphatic carbocycles. The summed E-state index contributed by atoms with van der Waals surface area (Å²) in [4.78, 5) is 27.2. The molecule has 2 aromatic rings. The number of para-hydroxylation sites is 1. The molecule has 1 aromatic carbocycles. The zero-order chi connectivity index (χ0) is 14.8. The monoisotopic (exact) mass is 274 g/mol. The highest BCUT2D eigenvalue weighted by Gasteiger charge is 2.20. The number of amides is 1. The van der Waals surface area contributed by atoms with Crippen LogP contribution in [-0.4, -0.2) is 28.1 Å². The molecule has 1 heterocycles. The average molecular weight is 274 g/mol. The Morgan fingerprint density at radius 1 is 1.40 bits per heavy atom. The minimum Gasteiger partial charge on any atom is -0.388 e. The zero-order valence-electron chi connectivity index (χ0n) is 11.6. The van der Waals surface area contributed by atoms with E-state index in [1.165, 1.54) is 6.20 Å². The minimum absolute atomic E-state index is 0.0515. The Balaban J connectivity index is 2.27. The number of carbonyl (C=O) groups excluding carboxylic acids is 1. The van der Waals surface area contributed by atoms with Crippen molar-refractivity contribution >= 4 is 16.8 Å². The van der Waals surface area contributed by atoms with E-state index in [0.717, 1.165) is 0 Å². The van der Waals surface area contributed by atoms with Gasteiger partial charge in [-0.2, -0.15) is 0 Å². The number of fused-ring (bicyclic) bond motifs is 1. The maximum Gasteiger partial charge on any atom is 0.256 e. The molecule has 0 bridgehead atoms. The van der Waals surface area contributed by atoms with Crippen LogP contribution in [0.4, 0.5) is 0 Å². The van der Waals surface area contributed by atoms with Crippen LogP contribution in [0.25, 0.3) is 10.9 Å². The molecule has 0 spiro atoms. The molecule has 20 heavy (non-hydrogen) atoms. The van der Waals surface area contributed by atoms with Gasteiger partial charge in [-0.1, -0.05) is 19.1 Å². The van der Waals surface area contributed by atoms with E-state index in [1.54, 1.807) is 25.1 Å². The van der Waals surface area contributed by atoms with Gasteiger partial charge in [0.2, 0.25) is 5.43 Å². The molecule has 0 radical (unpaired) electrons. The fraction of sp³-hybridized carbons (Fsp3) is 0.333. The molecule has 0 saturated heterocycles. The van der Waals surface area contributed by atoms with Crippen molar-refractivity contribution in [2.24, 2.45) is 0 Å². The van der Waals surface area contributed by atoms with E-state index in [9.17, 15) is 14.7 Å². The molecule has 0 aliphatic rings. The van der Waals surface area contributed by atoms with Gasteiger partial charge in [0.15, 0.2) is 0 Å². The Labute approximate surface area is 116 Å². The van der Waals surface area contributed by atoms with Crippen LogP contribution in [0.3, 0.4) is 0 Å². The lowest BCUT2D eigenvalue weighted by Crippen LogP contribution is -2.41. The van der Waals surface area contributed by atoms with E-state index in [0.29, 0.717) is 17.3 Å². The summed E-state index contributed by atoms with van der Waals surface area (Å²) in [5, 5.41) is 12.9. The topological polar surface area (TPSA) is 82.2 Å². The second-order valence-electron chi connectivity index (χ2n) is 5.11. The molecule has 2 rings (SSSR count). The van der Waals surface area contributed by atoms with Gasteiger partial charge in [0.25, 0.3) is 5.91 Å². The summed E-state index contributed by atoms with van der Waals surface area (Å²) in [6.45, 7) is 3.57. The van der Waals surface area contributed by atoms with Crippen molar-refractivity contribution in [1.29, 1.82) is 0 Å². The predicted octanol–water partition coefficient (Wildman–Crippen LogP) is 1.42. The molecule has 5 nitrogen and oxygen atoms in total. The van der Waals surface area contributed by atoms with Gasteiger partial charge in [-0.05, 0) is 25.5 Å². The van der Waals surface area contributed by atoms with Gasteiger partial charge in [-0.25, -0.2) is 0 Å². The second kappa shape index (κ2) is 5.46. The van der Waals surface area contributed by atoms with Crippen LogP contribution in [0, 0.1) is 0 Å². The highest BCUT2D eigenvalue weighted by atomic mass is 16.3. The van der Waals surface area contributed by atoms with E-state index in [1.807, 2.05) is 13.0 Å². The number of pyridine rings is 1. The lowest BCUT2D eigenvalue weighted by atomic mass is 10.0. The Kier molecular flexibility index (Phi) is 3.90. The van der Waals surface area contributed by atoms with Crippen LogP contribution in [0.15, 0.2) is 35.3 Å². The number of nitrogens with one attached hydrogen (secondary N) is 2. The van der Waals surface area contributed by atoms with E-state index >= 15 is 0 Å². The summed E-state index contributed by atoms with van der Waals surface area (Å²) in [6, 6.07) is 7.02. The molecule has 1 aromatic heterocycles. The molecule has 1 amide bonds. The van der Waals surface area contributed by atoms with Gasteiger partial charge in [0, 0.05) is 23.6 Å². The van der Waals surface area contributed by atoms with Gasteiger partial charge in [-0.15, -0.1) is 0 Å². The third-order valence-electron chi connectivity index (χ3n) is 3.42. The lowest BCUT2D eigenvalue weighted by Gasteiger charge is -2.21. The molecule has 3 N–H and O–H groups in total. The number of aromatic amines is 1. The number of hydrogen-bond acceptors (Lipinski definition) is 3. The number of aromatic nitrogens is 1. The van der Waals surface area contributed by atoms with Gasteiger partial charge in [-0.3, -0.25) is 9.59 Å². The average Bonchev–Trinajstić information content (AvgIpc) is 2.45. The second-order valence-corrected chi connectivity index (χ2v) is 5.11. The molecular formula is C15H18N2O3. The van der Waals surface area contributed by atoms with Gasteiger partial charge < -0.3 is 15.4 Å². The first-order valence-corrected chi connectivity index (χ1v) is 6.55. The van der Waals surface area contributed by atoms with Gasteiger partial charge in [0.05, 0.1) is 5.60 Å². The first kappa shape index (κ1) is 14.3. The van der Waals surface area contributed by atoms with Crippen molar-refractivity contribution in [2.75, 3.05) is 6.54 Å². The Bertz CT molecular complexity index is 689. The van der Waals surface area contributed by atoms with Crippen molar-refractivity contribution in [2.45, 2.75) is 25.9 Å². The Hall–Kier alpha value is -2.14. The molecular weight excluding hydrogens is 256 g/mol. The van der Waals surface area contributed by atoms with Crippen molar-refractivity contribution in [1.82, 2.24) is 10.3 Å². The fourth-order valence-electron chi connectivity index (χ4n) is 1.83. The lowest BCUT2D eigenvalue weighted by molar-refractivity contribution is 0.0518. The zero-order valence-corrected chi connectivity index (χ0v) is 11.6. The first-order valence-electron chi connectivity index (χ1n) is 6.55. The van der Waals surface area contributed by atoms with Crippen molar-refractivity contribution < 1.29 is 9.90 Å². The fourth-order valence-corrected chi connectivity index (χ4v) is 1.83. The van der Waals surface area contributed by atoms with Gasteiger partial charge >= 0.3 is 0 Å². The van der Waals surface area contributed by atoms with Gasteiger partial charge in [0.1, 0.15) is 5.56 Å². The van der Waals surface area contributed by atoms with Crippen molar-refractivity contribution in [3.05, 3.63) is 46.2 Å². The molecule has 1 atom stereocenters. The normalized spacial score (nSPS) is 13.9. The Morgan fingerprint density at radius 2 is 2.10 bits per heavy atom. The molecule has 0 aliphatic heterocycles. The standard InChI is InChI=1S/C15H18N2O3/c1-3-15(2,20)9-17-14(19)11-8-16-12-7-5-4-6-10(12)13(11)18/h4-8,20H,3,9H2,1-2H3,(H,16,18)(H,17,19). The summed E-state index contributed by atoms with van der Waals surface area (Å²) in [5.41, 5.74) is -0.544. The summed E-state index contributed by atoms with van der Waals surface area (Å²) in [7, 11) is 0. The van der Waals surface area contributed by atoms with Crippen molar-refractivity contribution in [3.8, 4) is 0 Å². The molecule has 0 saturated carbocycles. The maximum atomic E-state index is 12.2. The van der Waals surface area contributed by atoms with E-state index in [2.05, 4.69) is 10.3 Å². The third-order valence-corrected chi connectivity index (χ3v) is 3.42. The van der Waals surface area contributed by atoms with Crippen LogP contribution >= 0.6 is 0 Å². The minimum atomic E-state index is -0.973. The SMILES string of the molecule is CCC(C)(O)CNC(=O)c1c[nH]c2ccccc2c1=O. The molecule has 106 valence electrons. The van der Waals surface area contributed by atoms with E-state index in [4.69, 9.17) is 0 Å². The third kappa shape index (κ3) is 2.88. The number of carbonyl (C=O) groups is 1. The number of H-pyrrole nitrogens is 1. The number of aliphatic hydroxyl groups is 1. The molecule has 0 fully saturated rings. The number of benzene rings is 1. The summed E-state index contributed by atoms with van der Waals surface area (Å²) in [6.07, 6.45) is 1.92. The maximum absolute atomic E-state index is 12.2. The van der Waals surface area contributed by atoms with Crippen LogP contribution < -0.4 is 10.7 Å². The quantitative estimate of drug-likeness (QED) is 0.788. The first-order chi connectivity index (χ1) is 9.44. The molecule has 1 unspecified atom stereocenters. The van der Waals surface area contributed by atoms with Crippen LogP contribution in [0.1, 0.15) is 30.6 Å². The number of rotatable bonds is 4. The largest absolute Gasteiger partial charge is 0.388 e. The van der Waals surface area contributed by atoms with Crippen molar-refractivity contribution in [3.63, 3.8) is 0 Å². The summed E-state index contributed by atoms with van der Waals surface area (Å²) < 4.78 is 0. The summed E-state index contributed by atoms with van der Waals surface area (Å²) in [5.74, 6) is -0.481. The highest BCUT2D eigenvalue weighted by Crippen LogP contribution is 2.08. The Morgan fingerprint density at radius 3 is 2.80 bits per heavy atom. The van der Waals surface area contributed by atoms with Crippen LogP contribution in [0.5, 0.6) is 0 Å². The highest BCUT2D eigenvalue weighted by molar-refractivity contribution is 5.97. The predicted molar refractivity (Wildman–Crippen MR) is 77.8 cm³/mol. The smallest absolute Gasteiger partial charge is 0.256 e. The summed E-state index contributed by atoms with van der Waals surface area (Å²) >= 11 is 0. The molecule has 5 heteroatoms.